The third-order valence-corrected chi connectivity index (χ3v) is 2.87. The Morgan fingerprint density at radius 3 is 2.50 bits per heavy atom. The van der Waals surface area contributed by atoms with Gasteiger partial charge in [-0.05, 0) is 37.6 Å². The number of hydrogen-bond donors (Lipinski definition) is 1. The van der Waals surface area contributed by atoms with Crippen LogP contribution in [0.3, 0.4) is 0 Å². The van der Waals surface area contributed by atoms with Gasteiger partial charge in [0.05, 0.1) is 0 Å². The molecule has 0 fully saturated rings. The van der Waals surface area contributed by atoms with Gasteiger partial charge in [0, 0.05) is 17.9 Å². The molecule has 2 aromatic rings. The molecule has 1 heterocycles. The molecular formula is C14H18N2. The van der Waals surface area contributed by atoms with Crippen LogP contribution in [0.15, 0.2) is 42.5 Å². The van der Waals surface area contributed by atoms with E-state index < -0.39 is 0 Å². The molecular weight excluding hydrogens is 196 g/mol. The standard InChI is InChI=1S/C14H18N2/c1-12-7-8-14(9-10-15)16(12)11-13-5-3-2-4-6-13/h2-8H,9-11,15H2,1H3. The van der Waals surface area contributed by atoms with Crippen molar-refractivity contribution in [1.29, 1.82) is 0 Å². The van der Waals surface area contributed by atoms with Crippen LogP contribution in [0.1, 0.15) is 17.0 Å². The third-order valence-electron chi connectivity index (χ3n) is 2.87. The van der Waals surface area contributed by atoms with Gasteiger partial charge in [0.25, 0.3) is 0 Å². The highest BCUT2D eigenvalue weighted by molar-refractivity contribution is 5.21. The maximum absolute atomic E-state index is 5.62. The van der Waals surface area contributed by atoms with Crippen LogP contribution in [0.25, 0.3) is 0 Å². The summed E-state index contributed by atoms with van der Waals surface area (Å²) in [5, 5.41) is 0. The SMILES string of the molecule is Cc1ccc(CCN)n1Cc1ccccc1. The Bertz CT molecular complexity index is 443. The second-order valence-corrected chi connectivity index (χ2v) is 4.08. The van der Waals surface area contributed by atoms with Crippen molar-refractivity contribution in [3.05, 3.63) is 59.4 Å². The molecule has 16 heavy (non-hydrogen) atoms. The summed E-state index contributed by atoms with van der Waals surface area (Å²) in [5.74, 6) is 0. The van der Waals surface area contributed by atoms with Crippen LogP contribution >= 0.6 is 0 Å². The second-order valence-electron chi connectivity index (χ2n) is 4.08. The van der Waals surface area contributed by atoms with Gasteiger partial charge in [0.2, 0.25) is 0 Å². The number of benzene rings is 1. The van der Waals surface area contributed by atoms with Gasteiger partial charge >= 0.3 is 0 Å². The molecule has 84 valence electrons. The van der Waals surface area contributed by atoms with E-state index in [2.05, 4.69) is 47.9 Å². The molecule has 1 aromatic carbocycles. The highest BCUT2D eigenvalue weighted by Crippen LogP contribution is 2.12. The predicted octanol–water partition coefficient (Wildman–Crippen LogP) is 2.35. The number of nitrogens with zero attached hydrogens (tertiary/aromatic N) is 1. The molecule has 2 nitrogen and oxygen atoms in total. The Hall–Kier alpha value is -1.54. The van der Waals surface area contributed by atoms with E-state index in [4.69, 9.17) is 5.73 Å². The van der Waals surface area contributed by atoms with Crippen molar-refractivity contribution < 1.29 is 0 Å². The van der Waals surface area contributed by atoms with E-state index in [1.54, 1.807) is 0 Å². The Kier molecular flexibility index (Phi) is 3.42. The van der Waals surface area contributed by atoms with Crippen LogP contribution in [0, 0.1) is 6.92 Å². The summed E-state index contributed by atoms with van der Waals surface area (Å²) in [6, 6.07) is 14.9. The minimum atomic E-state index is 0.707. The number of hydrogen-bond acceptors (Lipinski definition) is 1. The Labute approximate surface area is 96.7 Å². The van der Waals surface area contributed by atoms with Crippen LogP contribution in [0.4, 0.5) is 0 Å². The van der Waals surface area contributed by atoms with Gasteiger partial charge in [0.1, 0.15) is 0 Å². The Morgan fingerprint density at radius 2 is 1.81 bits per heavy atom. The molecule has 0 atom stereocenters. The summed E-state index contributed by atoms with van der Waals surface area (Å²) < 4.78 is 2.34. The molecule has 0 aliphatic carbocycles. The first-order valence-corrected chi connectivity index (χ1v) is 5.70. The van der Waals surface area contributed by atoms with E-state index >= 15 is 0 Å². The summed E-state index contributed by atoms with van der Waals surface area (Å²) in [6.07, 6.45) is 0.945. The first-order chi connectivity index (χ1) is 7.81. The second kappa shape index (κ2) is 4.99. The minimum Gasteiger partial charge on any atom is -0.344 e. The van der Waals surface area contributed by atoms with Gasteiger partial charge in [-0.3, -0.25) is 0 Å². The first kappa shape index (κ1) is 11.0. The molecule has 2 heteroatoms. The van der Waals surface area contributed by atoms with Gasteiger partial charge in [0.15, 0.2) is 0 Å². The van der Waals surface area contributed by atoms with Crippen molar-refractivity contribution in [2.24, 2.45) is 5.73 Å². The average Bonchev–Trinajstić information content (AvgIpc) is 2.64. The topological polar surface area (TPSA) is 30.9 Å². The normalized spacial score (nSPS) is 10.6. The lowest BCUT2D eigenvalue weighted by molar-refractivity contribution is 0.715. The lowest BCUT2D eigenvalue weighted by Gasteiger charge is -2.11. The zero-order valence-corrected chi connectivity index (χ0v) is 9.69. The van der Waals surface area contributed by atoms with Crippen LogP contribution < -0.4 is 5.73 Å². The van der Waals surface area contributed by atoms with E-state index in [-0.39, 0.29) is 0 Å². The molecule has 2 rings (SSSR count). The van der Waals surface area contributed by atoms with Gasteiger partial charge in [-0.2, -0.15) is 0 Å². The molecule has 0 bridgehead atoms. The molecule has 0 saturated carbocycles. The lowest BCUT2D eigenvalue weighted by Crippen LogP contribution is -2.10. The molecule has 2 N–H and O–H groups in total. The van der Waals surface area contributed by atoms with Crippen LogP contribution in [0.5, 0.6) is 0 Å². The van der Waals surface area contributed by atoms with Crippen molar-refractivity contribution in [2.45, 2.75) is 19.9 Å². The summed E-state index contributed by atoms with van der Waals surface area (Å²) in [4.78, 5) is 0. The van der Waals surface area contributed by atoms with Crippen molar-refractivity contribution in [2.75, 3.05) is 6.54 Å². The summed E-state index contributed by atoms with van der Waals surface area (Å²) >= 11 is 0. The lowest BCUT2D eigenvalue weighted by atomic mass is 10.2. The monoisotopic (exact) mass is 214 g/mol. The van der Waals surface area contributed by atoms with Gasteiger partial charge in [-0.15, -0.1) is 0 Å². The predicted molar refractivity (Wildman–Crippen MR) is 67.5 cm³/mol. The van der Waals surface area contributed by atoms with Crippen molar-refractivity contribution in [3.8, 4) is 0 Å². The Morgan fingerprint density at radius 1 is 1.06 bits per heavy atom. The summed E-state index contributed by atoms with van der Waals surface area (Å²) in [7, 11) is 0. The minimum absolute atomic E-state index is 0.707. The largest absolute Gasteiger partial charge is 0.344 e. The van der Waals surface area contributed by atoms with E-state index in [0.717, 1.165) is 13.0 Å². The van der Waals surface area contributed by atoms with Gasteiger partial charge < -0.3 is 10.3 Å². The highest BCUT2D eigenvalue weighted by atomic mass is 15.0. The van der Waals surface area contributed by atoms with Crippen molar-refractivity contribution in [1.82, 2.24) is 4.57 Å². The Balaban J connectivity index is 2.23. The van der Waals surface area contributed by atoms with Crippen LogP contribution in [-0.2, 0) is 13.0 Å². The molecule has 0 amide bonds. The van der Waals surface area contributed by atoms with Gasteiger partial charge in [-0.25, -0.2) is 0 Å². The number of aryl methyl sites for hydroxylation is 1. The fourth-order valence-electron chi connectivity index (χ4n) is 1.98. The molecule has 0 spiro atoms. The fourth-order valence-corrected chi connectivity index (χ4v) is 1.98. The van der Waals surface area contributed by atoms with E-state index in [9.17, 15) is 0 Å². The van der Waals surface area contributed by atoms with Crippen molar-refractivity contribution >= 4 is 0 Å². The number of rotatable bonds is 4. The fraction of sp³-hybridized carbons (Fsp3) is 0.286. The highest BCUT2D eigenvalue weighted by Gasteiger charge is 2.04. The maximum Gasteiger partial charge on any atom is 0.0475 e. The smallest absolute Gasteiger partial charge is 0.0475 e. The van der Waals surface area contributed by atoms with Crippen molar-refractivity contribution in [3.63, 3.8) is 0 Å². The number of aromatic nitrogens is 1. The molecule has 1 aromatic heterocycles. The third kappa shape index (κ3) is 2.34. The summed E-state index contributed by atoms with van der Waals surface area (Å²) in [5.41, 5.74) is 9.57. The molecule has 0 aliphatic rings. The first-order valence-electron chi connectivity index (χ1n) is 5.70. The van der Waals surface area contributed by atoms with E-state index in [0.29, 0.717) is 6.54 Å². The molecule has 0 radical (unpaired) electrons. The molecule has 0 unspecified atom stereocenters. The number of nitrogens with two attached hydrogens (primary N) is 1. The average molecular weight is 214 g/mol. The van der Waals surface area contributed by atoms with Gasteiger partial charge in [-0.1, -0.05) is 30.3 Å². The van der Waals surface area contributed by atoms with E-state index in [1.165, 1.54) is 17.0 Å². The van der Waals surface area contributed by atoms with Crippen LogP contribution in [-0.4, -0.2) is 11.1 Å². The zero-order valence-electron chi connectivity index (χ0n) is 9.69. The zero-order chi connectivity index (χ0) is 11.4. The molecule has 0 aliphatic heterocycles. The molecule has 0 saturated heterocycles. The summed E-state index contributed by atoms with van der Waals surface area (Å²) in [6.45, 7) is 3.79. The quantitative estimate of drug-likeness (QED) is 0.832. The van der Waals surface area contributed by atoms with E-state index in [1.807, 2.05) is 6.07 Å². The maximum atomic E-state index is 5.62. The van der Waals surface area contributed by atoms with Crippen LogP contribution in [0.2, 0.25) is 0 Å².